The van der Waals surface area contributed by atoms with Crippen molar-refractivity contribution < 1.29 is 32.7 Å². The highest BCUT2D eigenvalue weighted by molar-refractivity contribution is 7.48. The zero-order valence-electron chi connectivity index (χ0n) is 11.2. The van der Waals surface area contributed by atoms with Crippen LogP contribution in [0.5, 0.6) is 0 Å². The highest BCUT2D eigenvalue weighted by atomic mass is 31.2. The Labute approximate surface area is 114 Å². The summed E-state index contributed by atoms with van der Waals surface area (Å²) in [5.74, 6) is 0. The normalized spacial score (nSPS) is 30.4. The van der Waals surface area contributed by atoms with E-state index >= 15 is 0 Å². The molecule has 1 aliphatic rings. The standard InChI is InChI=1S/C10H20BO7P/c1-14-7-9-8(6-10(11)17-9)18-19(13,15-2)16-5-3-4-12/h8-10,12H,3-7H2,1-2H3. The summed E-state index contributed by atoms with van der Waals surface area (Å²) in [6.07, 6.45) is -0.205. The molecule has 0 bridgehead atoms. The van der Waals surface area contributed by atoms with Crippen LogP contribution < -0.4 is 0 Å². The van der Waals surface area contributed by atoms with Gasteiger partial charge in [0, 0.05) is 26.8 Å². The van der Waals surface area contributed by atoms with Crippen LogP contribution >= 0.6 is 7.82 Å². The average Bonchev–Trinajstić information content (AvgIpc) is 2.70. The third-order valence-corrected chi connectivity index (χ3v) is 4.07. The molecule has 0 aliphatic carbocycles. The maximum atomic E-state index is 12.2. The van der Waals surface area contributed by atoms with E-state index in [1.807, 2.05) is 0 Å². The molecule has 1 aliphatic heterocycles. The maximum absolute atomic E-state index is 12.2. The fourth-order valence-electron chi connectivity index (χ4n) is 1.70. The zero-order chi connectivity index (χ0) is 14.3. The van der Waals surface area contributed by atoms with E-state index in [4.69, 9.17) is 36.0 Å². The van der Waals surface area contributed by atoms with Crippen LogP contribution in [0.15, 0.2) is 0 Å². The van der Waals surface area contributed by atoms with E-state index in [-0.39, 0.29) is 19.8 Å². The lowest BCUT2D eigenvalue weighted by molar-refractivity contribution is -0.0214. The van der Waals surface area contributed by atoms with E-state index < -0.39 is 26.0 Å². The molecule has 0 aromatic rings. The van der Waals surface area contributed by atoms with E-state index in [1.54, 1.807) is 0 Å². The lowest BCUT2D eigenvalue weighted by Crippen LogP contribution is -2.28. The van der Waals surface area contributed by atoms with Crippen molar-refractivity contribution in [3.8, 4) is 0 Å². The van der Waals surface area contributed by atoms with Gasteiger partial charge in [-0.2, -0.15) is 0 Å². The molecular weight excluding hydrogens is 274 g/mol. The topological polar surface area (TPSA) is 83.5 Å². The van der Waals surface area contributed by atoms with E-state index in [0.29, 0.717) is 12.8 Å². The van der Waals surface area contributed by atoms with E-state index in [2.05, 4.69) is 0 Å². The number of rotatable bonds is 9. The summed E-state index contributed by atoms with van der Waals surface area (Å²) in [4.78, 5) is 0. The monoisotopic (exact) mass is 294 g/mol. The molecule has 4 atom stereocenters. The molecule has 1 N–H and O–H groups in total. The molecule has 0 aromatic carbocycles. The first-order valence-electron chi connectivity index (χ1n) is 6.04. The van der Waals surface area contributed by atoms with Crippen molar-refractivity contribution in [1.82, 2.24) is 0 Å². The number of hydrogen-bond acceptors (Lipinski definition) is 7. The summed E-state index contributed by atoms with van der Waals surface area (Å²) >= 11 is 0. The van der Waals surface area contributed by atoms with Gasteiger partial charge in [-0.1, -0.05) is 0 Å². The SMILES string of the molecule is [B]C1CC(OP(=O)(OC)OCCCO)C(COC)O1. The van der Waals surface area contributed by atoms with E-state index in [9.17, 15) is 4.57 Å². The van der Waals surface area contributed by atoms with Crippen molar-refractivity contribution in [3.05, 3.63) is 0 Å². The van der Waals surface area contributed by atoms with E-state index in [1.165, 1.54) is 14.2 Å². The van der Waals surface area contributed by atoms with Gasteiger partial charge in [0.15, 0.2) is 0 Å². The van der Waals surface area contributed by atoms with Crippen LogP contribution in [0, 0.1) is 0 Å². The number of aliphatic hydroxyl groups is 1. The molecular formula is C10H20BO7P. The number of hydrogen-bond donors (Lipinski definition) is 1. The zero-order valence-corrected chi connectivity index (χ0v) is 12.1. The fraction of sp³-hybridized carbons (Fsp3) is 1.00. The molecule has 4 unspecified atom stereocenters. The molecule has 110 valence electrons. The Balaban J connectivity index is 2.55. The van der Waals surface area contributed by atoms with Gasteiger partial charge >= 0.3 is 7.82 Å². The fourth-order valence-corrected chi connectivity index (χ4v) is 2.86. The molecule has 0 saturated carbocycles. The number of phosphoric acid groups is 1. The van der Waals surface area contributed by atoms with Crippen molar-refractivity contribution in [2.45, 2.75) is 31.1 Å². The smallest absolute Gasteiger partial charge is 0.396 e. The van der Waals surface area contributed by atoms with Gasteiger partial charge in [-0.25, -0.2) is 4.57 Å². The van der Waals surface area contributed by atoms with Crippen LogP contribution in [0.2, 0.25) is 0 Å². The van der Waals surface area contributed by atoms with Crippen LogP contribution in [-0.4, -0.2) is 65.2 Å². The van der Waals surface area contributed by atoms with Crippen molar-refractivity contribution in [1.29, 1.82) is 0 Å². The van der Waals surface area contributed by atoms with Gasteiger partial charge in [0.2, 0.25) is 0 Å². The van der Waals surface area contributed by atoms with Gasteiger partial charge in [0.25, 0.3) is 0 Å². The molecule has 0 spiro atoms. The van der Waals surface area contributed by atoms with Crippen molar-refractivity contribution in [2.24, 2.45) is 0 Å². The summed E-state index contributed by atoms with van der Waals surface area (Å²) in [5.41, 5.74) is 0. The first-order valence-corrected chi connectivity index (χ1v) is 7.50. The summed E-state index contributed by atoms with van der Waals surface area (Å²) in [6, 6.07) is -0.493. The molecule has 1 heterocycles. The molecule has 1 rings (SSSR count). The van der Waals surface area contributed by atoms with Gasteiger partial charge < -0.3 is 14.6 Å². The second kappa shape index (κ2) is 8.37. The van der Waals surface area contributed by atoms with Gasteiger partial charge in [0.1, 0.15) is 14.0 Å². The lowest BCUT2D eigenvalue weighted by Gasteiger charge is -2.23. The van der Waals surface area contributed by atoms with Crippen LogP contribution in [0.1, 0.15) is 12.8 Å². The largest absolute Gasteiger partial charge is 0.474 e. The Morgan fingerprint density at radius 2 is 2.21 bits per heavy atom. The van der Waals surface area contributed by atoms with Gasteiger partial charge in [-0.15, -0.1) is 0 Å². The second-order valence-electron chi connectivity index (χ2n) is 4.09. The molecule has 2 radical (unpaired) electrons. The van der Waals surface area contributed by atoms with Crippen LogP contribution in [0.4, 0.5) is 0 Å². The summed E-state index contributed by atoms with van der Waals surface area (Å²) in [7, 11) is 4.76. The minimum atomic E-state index is -3.67. The summed E-state index contributed by atoms with van der Waals surface area (Å²) < 4.78 is 37.8. The second-order valence-corrected chi connectivity index (χ2v) is 5.82. The molecule has 1 fully saturated rings. The number of methoxy groups -OCH3 is 1. The Morgan fingerprint density at radius 3 is 2.79 bits per heavy atom. The lowest BCUT2D eigenvalue weighted by atomic mass is 9.96. The highest BCUT2D eigenvalue weighted by Gasteiger charge is 2.39. The Kier molecular flexibility index (Phi) is 7.53. The molecule has 1 saturated heterocycles. The Hall–Kier alpha value is 0.0549. The number of ether oxygens (including phenoxy) is 2. The summed E-state index contributed by atoms with van der Waals surface area (Å²) in [6.45, 7) is 0.294. The van der Waals surface area contributed by atoms with Crippen molar-refractivity contribution in [2.75, 3.05) is 34.0 Å². The minimum Gasteiger partial charge on any atom is -0.396 e. The predicted octanol–water partition coefficient (Wildman–Crippen LogP) is 0.455. The van der Waals surface area contributed by atoms with Gasteiger partial charge in [0.05, 0.1) is 19.3 Å². The average molecular weight is 294 g/mol. The van der Waals surface area contributed by atoms with Crippen LogP contribution in [0.25, 0.3) is 0 Å². The van der Waals surface area contributed by atoms with Gasteiger partial charge in [-0.05, 0) is 12.8 Å². The van der Waals surface area contributed by atoms with Crippen LogP contribution in [-0.2, 0) is 27.6 Å². The quantitative estimate of drug-likeness (QED) is 0.375. The molecule has 0 aromatic heterocycles. The van der Waals surface area contributed by atoms with Crippen molar-refractivity contribution >= 4 is 15.7 Å². The predicted molar refractivity (Wildman–Crippen MR) is 68.1 cm³/mol. The third kappa shape index (κ3) is 5.51. The highest BCUT2D eigenvalue weighted by Crippen LogP contribution is 2.51. The molecule has 9 heteroatoms. The minimum absolute atomic E-state index is 0.0621. The number of aliphatic hydroxyl groups excluding tert-OH is 1. The van der Waals surface area contributed by atoms with E-state index in [0.717, 1.165) is 0 Å². The van der Waals surface area contributed by atoms with Gasteiger partial charge in [-0.3, -0.25) is 13.6 Å². The first kappa shape index (κ1) is 17.1. The molecule has 7 nitrogen and oxygen atoms in total. The molecule has 19 heavy (non-hydrogen) atoms. The summed E-state index contributed by atoms with van der Waals surface area (Å²) in [5, 5.41) is 8.66. The molecule has 0 amide bonds. The third-order valence-electron chi connectivity index (χ3n) is 2.60. The van der Waals surface area contributed by atoms with Crippen molar-refractivity contribution in [3.63, 3.8) is 0 Å². The maximum Gasteiger partial charge on any atom is 0.474 e. The Morgan fingerprint density at radius 1 is 1.47 bits per heavy atom. The number of phosphoric ester groups is 1. The van der Waals surface area contributed by atoms with Crippen LogP contribution in [0.3, 0.4) is 0 Å². The Bertz CT molecular complexity index is 304. The first-order chi connectivity index (χ1) is 9.04.